The molecule has 0 spiro atoms. The summed E-state index contributed by atoms with van der Waals surface area (Å²) in [7, 11) is 0. The lowest BCUT2D eigenvalue weighted by atomic mass is 10.0. The third-order valence-corrected chi connectivity index (χ3v) is 4.65. The van der Waals surface area contributed by atoms with Crippen molar-refractivity contribution in [3.8, 4) is 0 Å². The highest BCUT2D eigenvalue weighted by atomic mass is 16.6. The van der Waals surface area contributed by atoms with Crippen LogP contribution in [0.25, 0.3) is 0 Å². The molecular weight excluding hydrogens is 370 g/mol. The summed E-state index contributed by atoms with van der Waals surface area (Å²) in [6.07, 6.45) is 2.33. The van der Waals surface area contributed by atoms with E-state index in [1.165, 1.54) is 0 Å². The fourth-order valence-corrected chi connectivity index (χ4v) is 3.28. The average Bonchev–Trinajstić information content (AvgIpc) is 3.00. The molecule has 6 nitrogen and oxygen atoms in total. The van der Waals surface area contributed by atoms with Crippen molar-refractivity contribution in [3.63, 3.8) is 0 Å². The molecular formula is C23H35NO5. The number of carbonyl (C=O) groups excluding carboxylic acids is 2. The number of nitrogens with zero attached hydrogens (tertiary/aromatic N) is 1. The molecule has 0 aromatic heterocycles. The summed E-state index contributed by atoms with van der Waals surface area (Å²) in [5.74, 6) is 0.470. The first-order valence-electron chi connectivity index (χ1n) is 10.4. The molecule has 2 heterocycles. The van der Waals surface area contributed by atoms with Crippen LogP contribution in [0.3, 0.4) is 0 Å². The van der Waals surface area contributed by atoms with Gasteiger partial charge in [-0.3, -0.25) is 4.79 Å². The maximum atomic E-state index is 12.5. The largest absolute Gasteiger partial charge is 0.465 e. The third kappa shape index (κ3) is 8.44. The van der Waals surface area contributed by atoms with Crippen LogP contribution in [-0.4, -0.2) is 47.9 Å². The van der Waals surface area contributed by atoms with Crippen LogP contribution in [-0.2, 0) is 25.6 Å². The Hall–Kier alpha value is -2.08. The number of rotatable bonds is 5. The maximum Gasteiger partial charge on any atom is 0.410 e. The van der Waals surface area contributed by atoms with E-state index >= 15 is 0 Å². The van der Waals surface area contributed by atoms with Gasteiger partial charge in [0.15, 0.2) is 0 Å². The molecule has 0 bridgehead atoms. The van der Waals surface area contributed by atoms with Gasteiger partial charge in [-0.1, -0.05) is 44.2 Å². The standard InChI is InChI=1S/C20H31NO3.C3H4O2/c1-15(2)11-17-12-18(23-14-16-9-7-6-8-10-16)13-21(17)19(22)24-20(3,4)5;4-3-1-2-5-3/h6-10,15,17-18H,11-14H2,1-5H3;1-2H2. The summed E-state index contributed by atoms with van der Waals surface area (Å²) in [6.45, 7) is 11.9. The topological polar surface area (TPSA) is 65.1 Å². The second kappa shape index (κ2) is 10.6. The monoisotopic (exact) mass is 405 g/mol. The summed E-state index contributed by atoms with van der Waals surface area (Å²) < 4.78 is 15.9. The Kier molecular flexibility index (Phi) is 8.50. The van der Waals surface area contributed by atoms with Crippen LogP contribution in [0.5, 0.6) is 0 Å². The van der Waals surface area contributed by atoms with Crippen molar-refractivity contribution in [3.05, 3.63) is 35.9 Å². The molecule has 1 aromatic carbocycles. The van der Waals surface area contributed by atoms with E-state index in [9.17, 15) is 9.59 Å². The molecule has 2 fully saturated rings. The number of likely N-dealkylation sites (tertiary alicyclic amines) is 1. The molecule has 2 saturated heterocycles. The minimum Gasteiger partial charge on any atom is -0.465 e. The van der Waals surface area contributed by atoms with Gasteiger partial charge in [0.05, 0.1) is 25.7 Å². The first-order chi connectivity index (χ1) is 13.6. The van der Waals surface area contributed by atoms with Crippen LogP contribution < -0.4 is 0 Å². The van der Waals surface area contributed by atoms with Crippen LogP contribution in [0.2, 0.25) is 0 Å². The Morgan fingerprint density at radius 2 is 1.86 bits per heavy atom. The maximum absolute atomic E-state index is 12.5. The molecule has 2 aliphatic heterocycles. The van der Waals surface area contributed by atoms with Gasteiger partial charge in [0.1, 0.15) is 12.2 Å². The highest BCUT2D eigenvalue weighted by Gasteiger charge is 2.38. The Balaban J connectivity index is 0.000000521. The molecule has 2 unspecified atom stereocenters. The van der Waals surface area contributed by atoms with Crippen molar-refractivity contribution < 1.29 is 23.8 Å². The van der Waals surface area contributed by atoms with Crippen LogP contribution in [0.4, 0.5) is 4.79 Å². The van der Waals surface area contributed by atoms with Crippen molar-refractivity contribution in [2.24, 2.45) is 5.92 Å². The third-order valence-electron chi connectivity index (χ3n) is 4.65. The van der Waals surface area contributed by atoms with Crippen molar-refractivity contribution in [1.82, 2.24) is 4.90 Å². The molecule has 2 atom stereocenters. The van der Waals surface area contributed by atoms with E-state index in [0.29, 0.717) is 32.1 Å². The quantitative estimate of drug-likeness (QED) is 0.672. The first-order valence-corrected chi connectivity index (χ1v) is 10.4. The normalized spacial score (nSPS) is 21.2. The van der Waals surface area contributed by atoms with Crippen molar-refractivity contribution >= 4 is 12.1 Å². The van der Waals surface area contributed by atoms with E-state index in [2.05, 4.69) is 30.7 Å². The molecule has 0 N–H and O–H groups in total. The van der Waals surface area contributed by atoms with Crippen LogP contribution in [0.15, 0.2) is 30.3 Å². The highest BCUT2D eigenvalue weighted by molar-refractivity contribution is 5.73. The Labute approximate surface area is 174 Å². The summed E-state index contributed by atoms with van der Waals surface area (Å²) in [5, 5.41) is 0. The SMILES string of the molecule is CC(C)CC1CC(OCc2ccccc2)CN1C(=O)OC(C)(C)C.O=C1CCO1. The van der Waals surface area contributed by atoms with Crippen LogP contribution in [0, 0.1) is 5.92 Å². The van der Waals surface area contributed by atoms with Gasteiger partial charge < -0.3 is 19.1 Å². The number of ether oxygens (including phenoxy) is 3. The summed E-state index contributed by atoms with van der Waals surface area (Å²) in [4.78, 5) is 24.1. The molecule has 3 rings (SSSR count). The lowest BCUT2D eigenvalue weighted by Crippen LogP contribution is -2.40. The van der Waals surface area contributed by atoms with Crippen molar-refractivity contribution in [2.75, 3.05) is 13.2 Å². The van der Waals surface area contributed by atoms with E-state index in [4.69, 9.17) is 9.47 Å². The van der Waals surface area contributed by atoms with Crippen molar-refractivity contribution in [1.29, 1.82) is 0 Å². The number of esters is 1. The van der Waals surface area contributed by atoms with Gasteiger partial charge in [0, 0.05) is 6.04 Å². The van der Waals surface area contributed by atoms with Gasteiger partial charge in [0.2, 0.25) is 0 Å². The van der Waals surface area contributed by atoms with E-state index in [0.717, 1.165) is 18.4 Å². The highest BCUT2D eigenvalue weighted by Crippen LogP contribution is 2.28. The van der Waals surface area contributed by atoms with Gasteiger partial charge in [-0.05, 0) is 45.1 Å². The number of amides is 1. The minimum absolute atomic E-state index is 0.0648. The van der Waals surface area contributed by atoms with Crippen LogP contribution >= 0.6 is 0 Å². The van der Waals surface area contributed by atoms with Crippen molar-refractivity contribution in [2.45, 2.75) is 78.2 Å². The first kappa shape index (κ1) is 23.2. The Morgan fingerprint density at radius 3 is 2.34 bits per heavy atom. The second-order valence-electron chi connectivity index (χ2n) is 9.04. The van der Waals surface area contributed by atoms with E-state index in [1.54, 1.807) is 0 Å². The summed E-state index contributed by atoms with van der Waals surface area (Å²) in [6, 6.07) is 10.4. The molecule has 1 aromatic rings. The predicted molar refractivity (Wildman–Crippen MR) is 111 cm³/mol. The Bertz CT molecular complexity index is 647. The van der Waals surface area contributed by atoms with Gasteiger partial charge in [0.25, 0.3) is 0 Å². The van der Waals surface area contributed by atoms with Gasteiger partial charge in [-0.15, -0.1) is 0 Å². The lowest BCUT2D eigenvalue weighted by molar-refractivity contribution is -0.157. The molecule has 29 heavy (non-hydrogen) atoms. The van der Waals surface area contributed by atoms with E-state index < -0.39 is 5.60 Å². The van der Waals surface area contributed by atoms with E-state index in [-0.39, 0.29) is 24.2 Å². The van der Waals surface area contributed by atoms with Gasteiger partial charge >= 0.3 is 12.1 Å². The van der Waals surface area contributed by atoms with E-state index in [1.807, 2.05) is 43.9 Å². The zero-order valence-corrected chi connectivity index (χ0v) is 18.3. The van der Waals surface area contributed by atoms with Crippen LogP contribution in [0.1, 0.15) is 59.4 Å². The van der Waals surface area contributed by atoms with Gasteiger partial charge in [-0.2, -0.15) is 0 Å². The number of hydrogen-bond acceptors (Lipinski definition) is 5. The molecule has 1 amide bonds. The number of hydrogen-bond donors (Lipinski definition) is 0. The molecule has 0 saturated carbocycles. The molecule has 162 valence electrons. The zero-order valence-electron chi connectivity index (χ0n) is 18.3. The molecule has 6 heteroatoms. The fourth-order valence-electron chi connectivity index (χ4n) is 3.28. The molecule has 2 aliphatic rings. The molecule has 0 radical (unpaired) electrons. The predicted octanol–water partition coefficient (Wildman–Crippen LogP) is 4.56. The fraction of sp³-hybridized carbons (Fsp3) is 0.652. The second-order valence-corrected chi connectivity index (χ2v) is 9.04. The number of carbonyl (C=O) groups is 2. The number of benzene rings is 1. The smallest absolute Gasteiger partial charge is 0.410 e. The summed E-state index contributed by atoms with van der Waals surface area (Å²) in [5.41, 5.74) is 0.691. The Morgan fingerprint density at radius 1 is 1.24 bits per heavy atom. The lowest BCUT2D eigenvalue weighted by Gasteiger charge is -2.29. The average molecular weight is 406 g/mol. The molecule has 0 aliphatic carbocycles. The number of cyclic esters (lactones) is 1. The minimum atomic E-state index is -0.470. The zero-order chi connectivity index (χ0) is 21.4. The van der Waals surface area contributed by atoms with Gasteiger partial charge in [-0.25, -0.2) is 4.79 Å². The summed E-state index contributed by atoms with van der Waals surface area (Å²) >= 11 is 0.